The van der Waals surface area contributed by atoms with E-state index < -0.39 is 0 Å². The number of benzene rings is 2. The molecule has 5 heteroatoms. The highest BCUT2D eigenvalue weighted by Gasteiger charge is 2.07. The summed E-state index contributed by atoms with van der Waals surface area (Å²) >= 11 is 9.49. The fourth-order valence-corrected chi connectivity index (χ4v) is 2.80. The number of hydrogen-bond donors (Lipinski definition) is 1. The maximum atomic E-state index is 6.05. The normalized spacial score (nSPS) is 10.9. The maximum absolute atomic E-state index is 6.05. The molecule has 96 valence electrons. The summed E-state index contributed by atoms with van der Waals surface area (Å²) in [6.07, 6.45) is 0. The molecule has 3 nitrogen and oxygen atoms in total. The SMILES string of the molecule is COc1ccc2nc(-c3cc(Cl)cc(Br)c3)[nH]c2c1. The summed E-state index contributed by atoms with van der Waals surface area (Å²) < 4.78 is 6.12. The first-order chi connectivity index (χ1) is 9.15. The van der Waals surface area contributed by atoms with Crippen molar-refractivity contribution in [3.8, 4) is 17.1 Å². The van der Waals surface area contributed by atoms with Gasteiger partial charge in [0.25, 0.3) is 0 Å². The number of fused-ring (bicyclic) bond motifs is 1. The molecular formula is C14H10BrClN2O. The Labute approximate surface area is 123 Å². The van der Waals surface area contributed by atoms with Gasteiger partial charge < -0.3 is 9.72 Å². The first-order valence-corrected chi connectivity index (χ1v) is 6.83. The molecule has 0 unspecified atom stereocenters. The Kier molecular flexibility index (Phi) is 3.21. The van der Waals surface area contributed by atoms with Crippen LogP contribution < -0.4 is 4.74 Å². The molecule has 3 rings (SSSR count). The van der Waals surface area contributed by atoms with Crippen molar-refractivity contribution in [3.63, 3.8) is 0 Å². The number of nitrogens with zero attached hydrogens (tertiary/aromatic N) is 1. The van der Waals surface area contributed by atoms with Gasteiger partial charge in [-0.2, -0.15) is 0 Å². The number of hydrogen-bond acceptors (Lipinski definition) is 2. The monoisotopic (exact) mass is 336 g/mol. The lowest BCUT2D eigenvalue weighted by molar-refractivity contribution is 0.415. The summed E-state index contributed by atoms with van der Waals surface area (Å²) in [6.45, 7) is 0. The predicted molar refractivity (Wildman–Crippen MR) is 80.8 cm³/mol. The highest BCUT2D eigenvalue weighted by molar-refractivity contribution is 9.10. The molecular weight excluding hydrogens is 328 g/mol. The first-order valence-electron chi connectivity index (χ1n) is 5.66. The lowest BCUT2D eigenvalue weighted by atomic mass is 10.2. The van der Waals surface area contributed by atoms with Crippen molar-refractivity contribution in [1.82, 2.24) is 9.97 Å². The fourth-order valence-electron chi connectivity index (χ4n) is 1.94. The summed E-state index contributed by atoms with van der Waals surface area (Å²) in [5.74, 6) is 1.58. The third kappa shape index (κ3) is 2.46. The van der Waals surface area contributed by atoms with Crippen LogP contribution in [0.1, 0.15) is 0 Å². The molecule has 0 radical (unpaired) electrons. The van der Waals surface area contributed by atoms with Crippen molar-refractivity contribution in [3.05, 3.63) is 45.9 Å². The van der Waals surface area contributed by atoms with E-state index in [1.807, 2.05) is 36.4 Å². The zero-order valence-corrected chi connectivity index (χ0v) is 12.4. The van der Waals surface area contributed by atoms with E-state index in [9.17, 15) is 0 Å². The van der Waals surface area contributed by atoms with Crippen LogP contribution >= 0.6 is 27.5 Å². The quantitative estimate of drug-likeness (QED) is 0.739. The summed E-state index contributed by atoms with van der Waals surface area (Å²) in [5, 5.41) is 0.669. The molecule has 19 heavy (non-hydrogen) atoms. The Hall–Kier alpha value is -1.52. The van der Waals surface area contributed by atoms with Crippen LogP contribution in [0.2, 0.25) is 5.02 Å². The summed E-state index contributed by atoms with van der Waals surface area (Å²) in [7, 11) is 1.65. The Balaban J connectivity index is 2.14. The van der Waals surface area contributed by atoms with Crippen molar-refractivity contribution in [2.24, 2.45) is 0 Å². The van der Waals surface area contributed by atoms with E-state index in [0.717, 1.165) is 32.6 Å². The number of imidazole rings is 1. The molecule has 0 saturated heterocycles. The molecule has 0 amide bonds. The minimum absolute atomic E-state index is 0.669. The average molecular weight is 338 g/mol. The number of ether oxygens (including phenoxy) is 1. The van der Waals surface area contributed by atoms with Gasteiger partial charge in [-0.15, -0.1) is 0 Å². The van der Waals surface area contributed by atoms with Gasteiger partial charge in [-0.1, -0.05) is 27.5 Å². The molecule has 0 atom stereocenters. The molecule has 1 heterocycles. The zero-order chi connectivity index (χ0) is 13.4. The van der Waals surface area contributed by atoms with Crippen LogP contribution in [-0.2, 0) is 0 Å². The van der Waals surface area contributed by atoms with Gasteiger partial charge in [-0.05, 0) is 30.3 Å². The molecule has 0 bridgehead atoms. The smallest absolute Gasteiger partial charge is 0.138 e. The fraction of sp³-hybridized carbons (Fsp3) is 0.0714. The molecule has 1 N–H and O–H groups in total. The summed E-state index contributed by atoms with van der Waals surface area (Å²) in [6, 6.07) is 11.4. The predicted octanol–water partition coefficient (Wildman–Crippen LogP) is 4.65. The third-order valence-electron chi connectivity index (χ3n) is 2.83. The Morgan fingerprint density at radius 3 is 2.79 bits per heavy atom. The van der Waals surface area contributed by atoms with E-state index >= 15 is 0 Å². The van der Waals surface area contributed by atoms with E-state index in [4.69, 9.17) is 16.3 Å². The van der Waals surface area contributed by atoms with Crippen LogP contribution in [-0.4, -0.2) is 17.1 Å². The van der Waals surface area contributed by atoms with Crippen molar-refractivity contribution in [1.29, 1.82) is 0 Å². The standard InChI is InChI=1S/C14H10BrClN2O/c1-19-11-2-3-12-13(7-11)18-14(17-12)8-4-9(15)6-10(16)5-8/h2-7H,1H3,(H,17,18). The molecule has 2 aromatic carbocycles. The van der Waals surface area contributed by atoms with Crippen molar-refractivity contribution >= 4 is 38.6 Å². The van der Waals surface area contributed by atoms with Gasteiger partial charge in [-0.25, -0.2) is 4.98 Å². The minimum Gasteiger partial charge on any atom is -0.497 e. The minimum atomic E-state index is 0.669. The number of H-pyrrole nitrogens is 1. The largest absolute Gasteiger partial charge is 0.497 e. The molecule has 1 aromatic heterocycles. The van der Waals surface area contributed by atoms with E-state index in [1.54, 1.807) is 7.11 Å². The van der Waals surface area contributed by atoms with E-state index in [0.29, 0.717) is 5.02 Å². The first kappa shape index (κ1) is 12.5. The van der Waals surface area contributed by atoms with Crippen molar-refractivity contribution < 1.29 is 4.74 Å². The highest BCUT2D eigenvalue weighted by Crippen LogP contribution is 2.28. The molecule has 0 aliphatic heterocycles. The van der Waals surface area contributed by atoms with Crippen LogP contribution in [0.25, 0.3) is 22.4 Å². The number of rotatable bonds is 2. The lowest BCUT2D eigenvalue weighted by Crippen LogP contribution is -1.81. The number of aromatic nitrogens is 2. The van der Waals surface area contributed by atoms with Gasteiger partial charge >= 0.3 is 0 Å². The second-order valence-electron chi connectivity index (χ2n) is 4.13. The van der Waals surface area contributed by atoms with Crippen LogP contribution in [0.15, 0.2) is 40.9 Å². The van der Waals surface area contributed by atoms with E-state index in [-0.39, 0.29) is 0 Å². The molecule has 3 aromatic rings. The van der Waals surface area contributed by atoms with Crippen LogP contribution in [0.5, 0.6) is 5.75 Å². The maximum Gasteiger partial charge on any atom is 0.138 e. The molecule has 0 aliphatic carbocycles. The topological polar surface area (TPSA) is 37.9 Å². The zero-order valence-electron chi connectivity index (χ0n) is 10.1. The molecule has 0 saturated carbocycles. The third-order valence-corrected chi connectivity index (χ3v) is 3.50. The summed E-state index contributed by atoms with van der Waals surface area (Å²) in [4.78, 5) is 7.82. The Morgan fingerprint density at radius 1 is 1.21 bits per heavy atom. The number of methoxy groups -OCH3 is 1. The van der Waals surface area contributed by atoms with Gasteiger partial charge in [0, 0.05) is 21.1 Å². The Morgan fingerprint density at radius 2 is 2.05 bits per heavy atom. The Bertz CT molecular complexity index is 734. The average Bonchev–Trinajstić information content (AvgIpc) is 2.80. The van der Waals surface area contributed by atoms with Crippen molar-refractivity contribution in [2.45, 2.75) is 0 Å². The second-order valence-corrected chi connectivity index (χ2v) is 5.48. The van der Waals surface area contributed by atoms with Crippen molar-refractivity contribution in [2.75, 3.05) is 7.11 Å². The molecule has 0 spiro atoms. The second kappa shape index (κ2) is 4.87. The summed E-state index contributed by atoms with van der Waals surface area (Å²) in [5.41, 5.74) is 2.77. The number of aromatic amines is 1. The van der Waals surface area contributed by atoms with Crippen LogP contribution in [0.3, 0.4) is 0 Å². The van der Waals surface area contributed by atoms with Crippen LogP contribution in [0.4, 0.5) is 0 Å². The van der Waals surface area contributed by atoms with Gasteiger partial charge in [0.05, 0.1) is 18.1 Å². The van der Waals surface area contributed by atoms with Crippen LogP contribution in [0, 0.1) is 0 Å². The molecule has 0 fully saturated rings. The molecule has 0 aliphatic rings. The van der Waals surface area contributed by atoms with Gasteiger partial charge in [0.1, 0.15) is 11.6 Å². The van der Waals surface area contributed by atoms with Gasteiger partial charge in [0.15, 0.2) is 0 Å². The van der Waals surface area contributed by atoms with Gasteiger partial charge in [0.2, 0.25) is 0 Å². The van der Waals surface area contributed by atoms with E-state index in [2.05, 4.69) is 25.9 Å². The number of halogens is 2. The highest BCUT2D eigenvalue weighted by atomic mass is 79.9. The lowest BCUT2D eigenvalue weighted by Gasteiger charge is -1.99. The van der Waals surface area contributed by atoms with Gasteiger partial charge in [-0.3, -0.25) is 0 Å². The van der Waals surface area contributed by atoms with E-state index in [1.165, 1.54) is 0 Å². The number of nitrogens with one attached hydrogen (secondary N) is 1.